The van der Waals surface area contributed by atoms with Crippen molar-refractivity contribution >= 4 is 29.4 Å². The van der Waals surface area contributed by atoms with Crippen molar-refractivity contribution in [2.45, 2.75) is 36.7 Å². The molecule has 4 heterocycles. The van der Waals surface area contributed by atoms with Crippen LogP contribution in [0.15, 0.2) is 40.9 Å². The molecule has 4 atom stereocenters. The molecular formula is C20H25N5O2S. The molecule has 0 bridgehead atoms. The van der Waals surface area contributed by atoms with Crippen molar-refractivity contribution in [2.24, 2.45) is 5.92 Å². The number of benzene rings is 1. The number of nitrogens with zero attached hydrogens (tertiary/aromatic N) is 1. The summed E-state index contributed by atoms with van der Waals surface area (Å²) in [6.45, 7) is 2.65. The Labute approximate surface area is 168 Å². The van der Waals surface area contributed by atoms with E-state index in [0.717, 1.165) is 50.3 Å². The predicted octanol–water partition coefficient (Wildman–Crippen LogP) is 1.35. The van der Waals surface area contributed by atoms with E-state index >= 15 is 0 Å². The molecule has 7 nitrogen and oxygen atoms in total. The Bertz CT molecular complexity index is 808. The highest BCUT2D eigenvalue weighted by atomic mass is 32.2. The molecule has 28 heavy (non-hydrogen) atoms. The van der Waals surface area contributed by atoms with Gasteiger partial charge in [-0.25, -0.2) is 4.79 Å². The fourth-order valence-corrected chi connectivity index (χ4v) is 6.14. The molecule has 3 amide bonds. The Morgan fingerprint density at radius 1 is 1.18 bits per heavy atom. The lowest BCUT2D eigenvalue weighted by Crippen LogP contribution is -2.62. The van der Waals surface area contributed by atoms with Crippen molar-refractivity contribution in [3.05, 3.63) is 40.9 Å². The first-order valence-electron chi connectivity index (χ1n) is 10.0. The summed E-state index contributed by atoms with van der Waals surface area (Å²) in [5.74, 6) is 0.0407. The minimum absolute atomic E-state index is 0.0582. The summed E-state index contributed by atoms with van der Waals surface area (Å²) in [6, 6.07) is 9.87. The van der Waals surface area contributed by atoms with Gasteiger partial charge in [-0.2, -0.15) is 0 Å². The summed E-state index contributed by atoms with van der Waals surface area (Å²) in [6.07, 6.45) is 2.94. The molecule has 0 radical (unpaired) electrons. The summed E-state index contributed by atoms with van der Waals surface area (Å²) in [5.41, 5.74) is 1.70. The fraction of sp³-hybridized carbons (Fsp3) is 0.500. The lowest BCUT2D eigenvalue weighted by molar-refractivity contribution is -0.117. The number of anilines is 1. The van der Waals surface area contributed by atoms with Gasteiger partial charge >= 0.3 is 6.03 Å². The summed E-state index contributed by atoms with van der Waals surface area (Å²) in [5, 5.41) is 13.2. The van der Waals surface area contributed by atoms with Gasteiger partial charge in [0, 0.05) is 29.9 Å². The summed E-state index contributed by atoms with van der Waals surface area (Å²) >= 11 is 1.56. The average molecular weight is 400 g/mol. The molecule has 3 unspecified atom stereocenters. The van der Waals surface area contributed by atoms with Crippen LogP contribution < -0.4 is 26.2 Å². The van der Waals surface area contributed by atoms with Gasteiger partial charge in [0.1, 0.15) is 0 Å². The van der Waals surface area contributed by atoms with E-state index in [4.69, 9.17) is 0 Å². The highest BCUT2D eigenvalue weighted by molar-refractivity contribution is 8.04. The van der Waals surface area contributed by atoms with E-state index in [1.165, 1.54) is 0 Å². The van der Waals surface area contributed by atoms with Gasteiger partial charge < -0.3 is 21.3 Å². The number of para-hydroxylation sites is 1. The SMILES string of the molecule is O=C(N[C@@H]1CCCNC1)C1=C2NC(=O)N(c3ccccc3)C3CCNC(S1)C23. The number of amides is 3. The lowest BCUT2D eigenvalue weighted by atomic mass is 9.86. The topological polar surface area (TPSA) is 85.5 Å². The van der Waals surface area contributed by atoms with Gasteiger partial charge in [0.15, 0.2) is 0 Å². The average Bonchev–Trinajstić information content (AvgIpc) is 3.09. The Morgan fingerprint density at radius 3 is 2.82 bits per heavy atom. The third kappa shape index (κ3) is 3.09. The highest BCUT2D eigenvalue weighted by Crippen LogP contribution is 2.47. The molecule has 8 heteroatoms. The van der Waals surface area contributed by atoms with Gasteiger partial charge in [-0.3, -0.25) is 9.69 Å². The summed E-state index contributed by atoms with van der Waals surface area (Å²) in [4.78, 5) is 28.5. The second-order valence-electron chi connectivity index (χ2n) is 7.77. The number of rotatable bonds is 3. The Hall–Kier alpha value is -2.03. The maximum atomic E-state index is 13.0. The van der Waals surface area contributed by atoms with Crippen molar-refractivity contribution in [1.29, 1.82) is 0 Å². The fourth-order valence-electron chi connectivity index (χ4n) is 4.74. The van der Waals surface area contributed by atoms with Crippen LogP contribution in [0.3, 0.4) is 0 Å². The third-order valence-corrected chi connectivity index (χ3v) is 7.37. The maximum absolute atomic E-state index is 13.0. The zero-order valence-electron chi connectivity index (χ0n) is 15.6. The van der Waals surface area contributed by atoms with Gasteiger partial charge in [0.25, 0.3) is 5.91 Å². The van der Waals surface area contributed by atoms with E-state index in [0.29, 0.717) is 4.91 Å². The van der Waals surface area contributed by atoms with Gasteiger partial charge in [-0.15, -0.1) is 0 Å². The first-order chi connectivity index (χ1) is 13.7. The molecule has 0 saturated carbocycles. The number of piperidine rings is 2. The van der Waals surface area contributed by atoms with Crippen LogP contribution >= 0.6 is 11.8 Å². The molecular weight excluding hydrogens is 374 g/mol. The summed E-state index contributed by atoms with van der Waals surface area (Å²) in [7, 11) is 0. The maximum Gasteiger partial charge on any atom is 0.326 e. The number of carbonyl (C=O) groups is 2. The minimum Gasteiger partial charge on any atom is -0.348 e. The van der Waals surface area contributed by atoms with Crippen LogP contribution in [0, 0.1) is 5.92 Å². The van der Waals surface area contributed by atoms with E-state index in [-0.39, 0.29) is 35.3 Å². The van der Waals surface area contributed by atoms with Crippen LogP contribution in [0.25, 0.3) is 0 Å². The van der Waals surface area contributed by atoms with Crippen molar-refractivity contribution in [2.75, 3.05) is 24.5 Å². The van der Waals surface area contributed by atoms with E-state index < -0.39 is 0 Å². The summed E-state index contributed by atoms with van der Waals surface area (Å²) < 4.78 is 0. The second kappa shape index (κ2) is 7.42. The standard InChI is InChI=1S/C20H25N5O2S/c26-18(23-12-5-4-9-21-11-12)17-16-15-14(8-10-22-19(15)28-17)25(20(27)24-16)13-6-2-1-3-7-13/h1-3,6-7,12,14-15,19,21-22H,4-5,8-11H2,(H,23,26)(H,24,27)/t12-,14?,15?,19?/m1/s1. The number of urea groups is 1. The van der Waals surface area contributed by atoms with Crippen LogP contribution in [0.2, 0.25) is 0 Å². The Balaban J connectivity index is 1.43. The van der Waals surface area contributed by atoms with Gasteiger partial charge in [-0.1, -0.05) is 30.0 Å². The third-order valence-electron chi connectivity index (χ3n) is 6.01. The molecule has 3 fully saturated rings. The molecule has 5 rings (SSSR count). The monoisotopic (exact) mass is 399 g/mol. The molecule has 4 aliphatic rings. The smallest absolute Gasteiger partial charge is 0.326 e. The molecule has 4 N–H and O–H groups in total. The van der Waals surface area contributed by atoms with Crippen molar-refractivity contribution < 1.29 is 9.59 Å². The first kappa shape index (κ1) is 18.0. The molecule has 0 aromatic heterocycles. The molecule has 4 aliphatic heterocycles. The largest absolute Gasteiger partial charge is 0.348 e. The minimum atomic E-state index is -0.143. The van der Waals surface area contributed by atoms with Crippen LogP contribution in [0.5, 0.6) is 0 Å². The number of thioether (sulfide) groups is 1. The van der Waals surface area contributed by atoms with E-state index in [1.807, 2.05) is 35.2 Å². The molecule has 1 aromatic carbocycles. The molecule has 0 spiro atoms. The molecule has 148 valence electrons. The number of nitrogens with one attached hydrogen (secondary N) is 4. The van der Waals surface area contributed by atoms with Gasteiger partial charge in [-0.05, 0) is 44.5 Å². The Kier molecular flexibility index (Phi) is 4.78. The number of hydrogen-bond donors (Lipinski definition) is 4. The van der Waals surface area contributed by atoms with Gasteiger partial charge in [0.2, 0.25) is 0 Å². The zero-order valence-corrected chi connectivity index (χ0v) is 16.4. The van der Waals surface area contributed by atoms with Crippen LogP contribution in [-0.4, -0.2) is 49.0 Å². The van der Waals surface area contributed by atoms with Crippen molar-refractivity contribution in [3.8, 4) is 0 Å². The molecule has 1 aromatic rings. The lowest BCUT2D eigenvalue weighted by Gasteiger charge is -2.45. The van der Waals surface area contributed by atoms with Crippen LogP contribution in [0.4, 0.5) is 10.5 Å². The zero-order chi connectivity index (χ0) is 19.1. The Morgan fingerprint density at radius 2 is 2.04 bits per heavy atom. The van der Waals surface area contributed by atoms with E-state index in [9.17, 15) is 9.59 Å². The van der Waals surface area contributed by atoms with Gasteiger partial charge in [0.05, 0.1) is 16.3 Å². The van der Waals surface area contributed by atoms with E-state index in [2.05, 4.69) is 21.3 Å². The molecule has 3 saturated heterocycles. The van der Waals surface area contributed by atoms with Crippen LogP contribution in [-0.2, 0) is 4.79 Å². The van der Waals surface area contributed by atoms with Crippen LogP contribution in [0.1, 0.15) is 19.3 Å². The molecule has 0 aliphatic carbocycles. The first-order valence-corrected chi connectivity index (χ1v) is 10.9. The predicted molar refractivity (Wildman–Crippen MR) is 110 cm³/mol. The van der Waals surface area contributed by atoms with E-state index in [1.54, 1.807) is 11.8 Å². The normalized spacial score (nSPS) is 32.0. The number of carbonyl (C=O) groups excluding carboxylic acids is 2. The second-order valence-corrected chi connectivity index (χ2v) is 8.92. The highest BCUT2D eigenvalue weighted by Gasteiger charge is 2.51. The van der Waals surface area contributed by atoms with Crippen molar-refractivity contribution in [1.82, 2.24) is 21.3 Å². The van der Waals surface area contributed by atoms with Crippen molar-refractivity contribution in [3.63, 3.8) is 0 Å². The number of hydrogen-bond acceptors (Lipinski definition) is 5. The quantitative estimate of drug-likeness (QED) is 0.617.